The number of ether oxygens (including phenoxy) is 4. The predicted molar refractivity (Wildman–Crippen MR) is 106 cm³/mol. The van der Waals surface area contributed by atoms with Crippen LogP contribution in [0.2, 0.25) is 0 Å². The number of carbonyl (C=O) groups excluding carboxylic acids is 1. The maximum atomic E-state index is 12.7. The third-order valence-corrected chi connectivity index (χ3v) is 4.28. The van der Waals surface area contributed by atoms with Crippen LogP contribution in [0.4, 0.5) is 0 Å². The number of allylic oxidation sites excluding steroid dienone is 1. The molecule has 1 atom stereocenters. The highest BCUT2D eigenvalue weighted by molar-refractivity contribution is 7.80. The lowest BCUT2D eigenvalue weighted by molar-refractivity contribution is -0.140. The molecular weight excluding hydrogens is 368 g/mol. The average molecular weight is 394 g/mol. The van der Waals surface area contributed by atoms with Crippen molar-refractivity contribution >= 4 is 23.3 Å². The Morgan fingerprint density at radius 3 is 2.22 bits per heavy atom. The van der Waals surface area contributed by atoms with Crippen LogP contribution in [0.5, 0.6) is 17.2 Å². The van der Waals surface area contributed by atoms with E-state index >= 15 is 0 Å². The fraction of sp³-hybridized carbons (Fsp3) is 0.474. The molecule has 27 heavy (non-hydrogen) atoms. The van der Waals surface area contributed by atoms with Crippen molar-refractivity contribution in [1.29, 1.82) is 0 Å². The van der Waals surface area contributed by atoms with Gasteiger partial charge in [-0.2, -0.15) is 0 Å². The highest BCUT2D eigenvalue weighted by Crippen LogP contribution is 2.41. The zero-order valence-corrected chi connectivity index (χ0v) is 17.3. The first-order chi connectivity index (χ1) is 12.8. The lowest BCUT2D eigenvalue weighted by atomic mass is 9.95. The third kappa shape index (κ3) is 4.63. The first-order valence-electron chi connectivity index (χ1n) is 8.57. The van der Waals surface area contributed by atoms with Gasteiger partial charge in [0.2, 0.25) is 5.75 Å². The Labute approximate surface area is 165 Å². The van der Waals surface area contributed by atoms with Gasteiger partial charge in [-0.3, -0.25) is 0 Å². The van der Waals surface area contributed by atoms with E-state index in [1.54, 1.807) is 33.3 Å². The van der Waals surface area contributed by atoms with E-state index in [9.17, 15) is 4.79 Å². The molecule has 1 aromatic carbocycles. The molecule has 0 amide bonds. The topological polar surface area (TPSA) is 78.1 Å². The maximum absolute atomic E-state index is 12.7. The Morgan fingerprint density at radius 2 is 1.74 bits per heavy atom. The van der Waals surface area contributed by atoms with Crippen molar-refractivity contribution in [1.82, 2.24) is 10.6 Å². The lowest BCUT2D eigenvalue weighted by Gasteiger charge is -2.30. The van der Waals surface area contributed by atoms with Crippen LogP contribution < -0.4 is 24.8 Å². The summed E-state index contributed by atoms with van der Waals surface area (Å²) in [6.07, 6.45) is 0. The fourth-order valence-corrected chi connectivity index (χ4v) is 3.07. The number of carbonyl (C=O) groups is 1. The van der Waals surface area contributed by atoms with Crippen molar-refractivity contribution in [2.45, 2.75) is 26.8 Å². The molecule has 1 aliphatic rings. The van der Waals surface area contributed by atoms with E-state index in [1.807, 2.05) is 13.8 Å². The Balaban J connectivity index is 2.51. The van der Waals surface area contributed by atoms with Crippen molar-refractivity contribution in [3.63, 3.8) is 0 Å². The maximum Gasteiger partial charge on any atom is 0.338 e. The van der Waals surface area contributed by atoms with Gasteiger partial charge in [-0.25, -0.2) is 4.79 Å². The van der Waals surface area contributed by atoms with Crippen molar-refractivity contribution in [3.8, 4) is 17.2 Å². The molecule has 0 aromatic heterocycles. The van der Waals surface area contributed by atoms with Gasteiger partial charge in [-0.1, -0.05) is 13.8 Å². The molecule has 0 radical (unpaired) electrons. The summed E-state index contributed by atoms with van der Waals surface area (Å²) >= 11 is 5.28. The van der Waals surface area contributed by atoms with E-state index in [2.05, 4.69) is 10.6 Å². The first-order valence-corrected chi connectivity index (χ1v) is 8.98. The van der Waals surface area contributed by atoms with Crippen molar-refractivity contribution in [3.05, 3.63) is 29.0 Å². The van der Waals surface area contributed by atoms with Gasteiger partial charge in [0.1, 0.15) is 0 Å². The largest absolute Gasteiger partial charge is 0.493 e. The highest BCUT2D eigenvalue weighted by atomic mass is 32.1. The van der Waals surface area contributed by atoms with Crippen molar-refractivity contribution < 1.29 is 23.7 Å². The van der Waals surface area contributed by atoms with Gasteiger partial charge >= 0.3 is 5.97 Å². The van der Waals surface area contributed by atoms with Gasteiger partial charge in [-0.05, 0) is 42.8 Å². The molecular formula is C19H26N2O5S. The molecule has 0 fully saturated rings. The third-order valence-electron chi connectivity index (χ3n) is 4.06. The molecule has 8 heteroatoms. The predicted octanol–water partition coefficient (Wildman–Crippen LogP) is 2.70. The van der Waals surface area contributed by atoms with Crippen LogP contribution in [-0.2, 0) is 9.53 Å². The number of nitrogens with one attached hydrogen (secondary N) is 2. The molecule has 0 aliphatic carbocycles. The number of methoxy groups -OCH3 is 3. The molecule has 7 nitrogen and oxygen atoms in total. The zero-order chi connectivity index (χ0) is 20.1. The summed E-state index contributed by atoms with van der Waals surface area (Å²) in [5.41, 5.74) is 1.84. The van der Waals surface area contributed by atoms with E-state index < -0.39 is 12.0 Å². The first kappa shape index (κ1) is 20.8. The van der Waals surface area contributed by atoms with Crippen LogP contribution in [-0.4, -0.2) is 39.0 Å². The van der Waals surface area contributed by atoms with E-state index in [1.165, 1.54) is 7.11 Å². The highest BCUT2D eigenvalue weighted by Gasteiger charge is 2.32. The molecule has 1 aromatic rings. The molecule has 2 N–H and O–H groups in total. The average Bonchev–Trinajstić information content (AvgIpc) is 2.64. The number of hydrogen-bond acceptors (Lipinski definition) is 6. The molecule has 0 saturated carbocycles. The van der Waals surface area contributed by atoms with Crippen molar-refractivity contribution in [2.24, 2.45) is 5.92 Å². The quantitative estimate of drug-likeness (QED) is 0.540. The normalized spacial score (nSPS) is 16.6. The van der Waals surface area contributed by atoms with Crippen LogP contribution >= 0.6 is 12.2 Å². The standard InChI is InChI=1S/C19H26N2O5S/c1-10(2)9-26-18(22)15-11(3)20-19(27)21-16(15)12-7-13(23-4)17(25-6)14(8-12)24-5/h7-8,10,16H,9H2,1-6H3,(H2,20,21,27). The van der Waals surface area contributed by atoms with Crippen LogP contribution in [0.15, 0.2) is 23.4 Å². The zero-order valence-electron chi connectivity index (χ0n) is 16.5. The summed E-state index contributed by atoms with van der Waals surface area (Å²) in [6.45, 7) is 6.10. The minimum Gasteiger partial charge on any atom is -0.493 e. The van der Waals surface area contributed by atoms with Gasteiger partial charge in [0.05, 0.1) is 39.6 Å². The molecule has 1 unspecified atom stereocenters. The molecule has 2 rings (SSSR count). The van der Waals surface area contributed by atoms with Gasteiger partial charge in [0.15, 0.2) is 16.6 Å². The summed E-state index contributed by atoms with van der Waals surface area (Å²) in [5.74, 6) is 1.30. The van der Waals surface area contributed by atoms with Gasteiger partial charge in [-0.15, -0.1) is 0 Å². The number of thiocarbonyl (C=S) groups is 1. The SMILES string of the molecule is COc1cc(C2NC(=S)NC(C)=C2C(=O)OCC(C)C)cc(OC)c1OC. The Morgan fingerprint density at radius 1 is 1.15 bits per heavy atom. The summed E-state index contributed by atoms with van der Waals surface area (Å²) in [7, 11) is 4.62. The molecule has 1 heterocycles. The second-order valence-electron chi connectivity index (χ2n) is 6.52. The van der Waals surface area contributed by atoms with E-state index in [0.717, 1.165) is 5.56 Å². The Kier molecular flexibility index (Phi) is 6.90. The summed E-state index contributed by atoms with van der Waals surface area (Å²) in [6, 6.07) is 3.07. The van der Waals surface area contributed by atoms with Crippen LogP contribution in [0.1, 0.15) is 32.4 Å². The molecule has 1 aliphatic heterocycles. The van der Waals surface area contributed by atoms with Gasteiger partial charge < -0.3 is 29.6 Å². The summed E-state index contributed by atoms with van der Waals surface area (Å²) < 4.78 is 21.7. The number of rotatable bonds is 7. The van der Waals surface area contributed by atoms with E-state index in [-0.39, 0.29) is 5.92 Å². The van der Waals surface area contributed by atoms with Gasteiger partial charge in [0.25, 0.3) is 0 Å². The fourth-order valence-electron chi connectivity index (χ4n) is 2.80. The van der Waals surface area contributed by atoms with Crippen molar-refractivity contribution in [2.75, 3.05) is 27.9 Å². The smallest absolute Gasteiger partial charge is 0.338 e. The number of hydrogen-bond donors (Lipinski definition) is 2. The van der Waals surface area contributed by atoms with Crippen LogP contribution in [0.3, 0.4) is 0 Å². The van der Waals surface area contributed by atoms with Gasteiger partial charge in [0, 0.05) is 5.70 Å². The Hall–Kier alpha value is -2.48. The monoisotopic (exact) mass is 394 g/mol. The van der Waals surface area contributed by atoms with E-state index in [4.69, 9.17) is 31.2 Å². The molecule has 0 spiro atoms. The van der Waals surface area contributed by atoms with E-state index in [0.29, 0.717) is 40.2 Å². The molecule has 148 valence electrons. The number of esters is 1. The summed E-state index contributed by atoms with van der Waals surface area (Å²) in [4.78, 5) is 12.7. The van der Waals surface area contributed by atoms with Crippen LogP contribution in [0.25, 0.3) is 0 Å². The minimum atomic E-state index is -0.507. The minimum absolute atomic E-state index is 0.236. The Bertz CT molecular complexity index is 735. The lowest BCUT2D eigenvalue weighted by Crippen LogP contribution is -2.45. The summed E-state index contributed by atoms with van der Waals surface area (Å²) in [5, 5.41) is 6.54. The van der Waals surface area contributed by atoms with Crippen LogP contribution in [0, 0.1) is 5.92 Å². The number of benzene rings is 1. The second kappa shape index (κ2) is 8.94. The molecule has 0 bridgehead atoms. The molecule has 0 saturated heterocycles. The second-order valence-corrected chi connectivity index (χ2v) is 6.93.